The van der Waals surface area contributed by atoms with Crippen molar-refractivity contribution in [2.24, 2.45) is 0 Å². The van der Waals surface area contributed by atoms with Gasteiger partial charge in [0.05, 0.1) is 0 Å². The van der Waals surface area contributed by atoms with Gasteiger partial charge in [0.1, 0.15) is 11.5 Å². The van der Waals surface area contributed by atoms with Gasteiger partial charge in [-0.25, -0.2) is 13.2 Å². The number of benzene rings is 1. The van der Waals surface area contributed by atoms with E-state index in [2.05, 4.69) is 6.58 Å². The summed E-state index contributed by atoms with van der Waals surface area (Å²) >= 11 is 0. The third-order valence-corrected chi connectivity index (χ3v) is 2.03. The molecule has 0 saturated carbocycles. The molecule has 1 rings (SSSR count). The number of hydrogen-bond acceptors (Lipinski definition) is 2. The molecule has 0 aliphatic carbocycles. The first kappa shape index (κ1) is 12.4. The minimum atomic E-state index is -1.56. The molecule has 0 heterocycles. The summed E-state index contributed by atoms with van der Waals surface area (Å²) in [4.78, 5) is 0. The minimum Gasteiger partial charge on any atom is -0.509 e. The van der Waals surface area contributed by atoms with Crippen LogP contribution in [0.2, 0.25) is 0 Å². The maximum atomic E-state index is 12.8. The van der Waals surface area contributed by atoms with E-state index in [1.807, 2.05) is 0 Å². The normalized spacial score (nSPS) is 11.3. The lowest BCUT2D eigenvalue weighted by Gasteiger charge is -2.25. The summed E-state index contributed by atoms with van der Waals surface area (Å²) in [6.07, 6.45) is 0. The van der Waals surface area contributed by atoms with E-state index in [4.69, 9.17) is 9.84 Å². The second kappa shape index (κ2) is 4.08. The van der Waals surface area contributed by atoms with E-state index < -0.39 is 23.1 Å². The third-order valence-electron chi connectivity index (χ3n) is 2.03. The second-order valence-corrected chi connectivity index (χ2v) is 3.76. The molecule has 0 bridgehead atoms. The Morgan fingerprint density at radius 3 is 2.06 bits per heavy atom. The molecule has 0 aromatic heterocycles. The number of hydrogen-bond donors (Lipinski definition) is 1. The van der Waals surface area contributed by atoms with Crippen LogP contribution >= 0.6 is 0 Å². The molecule has 0 radical (unpaired) electrons. The molecule has 0 spiro atoms. The fraction of sp³-hybridized carbons (Fsp3) is 0.273. The van der Waals surface area contributed by atoms with Gasteiger partial charge in [0, 0.05) is 12.1 Å². The smallest absolute Gasteiger partial charge is 0.194 e. The lowest BCUT2D eigenvalue weighted by molar-refractivity contribution is 0.0963. The molecule has 1 aromatic carbocycles. The largest absolute Gasteiger partial charge is 0.509 e. The Morgan fingerprint density at radius 1 is 1.25 bits per heavy atom. The number of ether oxygens (including phenoxy) is 1. The molecule has 0 saturated heterocycles. The number of rotatable bonds is 3. The van der Waals surface area contributed by atoms with Crippen molar-refractivity contribution in [3.63, 3.8) is 0 Å². The molecule has 2 nitrogen and oxygen atoms in total. The van der Waals surface area contributed by atoms with E-state index in [9.17, 15) is 13.2 Å². The topological polar surface area (TPSA) is 29.5 Å². The van der Waals surface area contributed by atoms with Crippen molar-refractivity contribution < 1.29 is 23.0 Å². The van der Waals surface area contributed by atoms with Crippen molar-refractivity contribution >= 4 is 0 Å². The summed E-state index contributed by atoms with van der Waals surface area (Å²) in [6, 6.07) is 1.40. The highest BCUT2D eigenvalue weighted by atomic mass is 19.2. The maximum Gasteiger partial charge on any atom is 0.194 e. The standard InChI is InChI=1S/C11H11F3O2/c1-6(15)11(2,3)16-7-4-8(12)10(14)9(13)5-7/h4-5,15H,1H2,2-3H3. The van der Waals surface area contributed by atoms with Crippen molar-refractivity contribution in [1.29, 1.82) is 0 Å². The van der Waals surface area contributed by atoms with Crippen LogP contribution in [0.5, 0.6) is 5.75 Å². The summed E-state index contributed by atoms with van der Waals surface area (Å²) in [7, 11) is 0. The summed E-state index contributed by atoms with van der Waals surface area (Å²) in [5.41, 5.74) is -1.21. The number of halogens is 3. The zero-order chi connectivity index (χ0) is 12.5. The van der Waals surface area contributed by atoms with Crippen LogP contribution in [0.3, 0.4) is 0 Å². The Hall–Kier alpha value is -1.65. The summed E-state index contributed by atoms with van der Waals surface area (Å²) in [5, 5.41) is 9.15. The van der Waals surface area contributed by atoms with Crippen molar-refractivity contribution in [3.8, 4) is 5.75 Å². The molecule has 1 N–H and O–H groups in total. The predicted octanol–water partition coefficient (Wildman–Crippen LogP) is 3.33. The average Bonchev–Trinajstić information content (AvgIpc) is 2.13. The Balaban J connectivity index is 3.04. The maximum absolute atomic E-state index is 12.8. The average molecular weight is 232 g/mol. The highest BCUT2D eigenvalue weighted by molar-refractivity contribution is 5.26. The molecule has 0 fully saturated rings. The fourth-order valence-corrected chi connectivity index (χ4v) is 0.945. The first-order chi connectivity index (χ1) is 7.24. The highest BCUT2D eigenvalue weighted by Gasteiger charge is 2.24. The van der Waals surface area contributed by atoms with E-state index >= 15 is 0 Å². The molecule has 0 aliphatic heterocycles. The van der Waals surface area contributed by atoms with E-state index in [-0.39, 0.29) is 11.5 Å². The van der Waals surface area contributed by atoms with Crippen LogP contribution in [0.15, 0.2) is 24.5 Å². The van der Waals surface area contributed by atoms with Gasteiger partial charge in [0.2, 0.25) is 0 Å². The van der Waals surface area contributed by atoms with Crippen LogP contribution in [0.4, 0.5) is 13.2 Å². The van der Waals surface area contributed by atoms with Crippen LogP contribution in [0, 0.1) is 17.5 Å². The quantitative estimate of drug-likeness (QED) is 0.639. The van der Waals surface area contributed by atoms with Gasteiger partial charge in [-0.15, -0.1) is 0 Å². The summed E-state index contributed by atoms with van der Waals surface area (Å²) < 4.78 is 43.4. The monoisotopic (exact) mass is 232 g/mol. The van der Waals surface area contributed by atoms with Gasteiger partial charge < -0.3 is 9.84 Å². The molecule has 88 valence electrons. The van der Waals surface area contributed by atoms with Crippen molar-refractivity contribution in [2.45, 2.75) is 19.4 Å². The molecule has 5 heteroatoms. The van der Waals surface area contributed by atoms with Gasteiger partial charge in [-0.3, -0.25) is 0 Å². The highest BCUT2D eigenvalue weighted by Crippen LogP contribution is 2.25. The number of aliphatic hydroxyl groups excluding tert-OH is 1. The molecular formula is C11H11F3O2. The lowest BCUT2D eigenvalue weighted by atomic mass is 10.1. The van der Waals surface area contributed by atoms with Crippen LogP contribution < -0.4 is 4.74 Å². The van der Waals surface area contributed by atoms with Crippen LogP contribution in [0.1, 0.15) is 13.8 Å². The Bertz CT molecular complexity index is 404. The Morgan fingerprint density at radius 2 is 1.69 bits per heavy atom. The molecule has 0 unspecified atom stereocenters. The number of aliphatic hydroxyl groups is 1. The predicted molar refractivity (Wildman–Crippen MR) is 52.8 cm³/mol. The van der Waals surface area contributed by atoms with E-state index in [1.54, 1.807) is 0 Å². The Labute approximate surface area is 91.0 Å². The minimum absolute atomic E-state index is 0.225. The van der Waals surface area contributed by atoms with E-state index in [1.165, 1.54) is 13.8 Å². The lowest BCUT2D eigenvalue weighted by Crippen LogP contribution is -2.30. The van der Waals surface area contributed by atoms with Gasteiger partial charge in [-0.2, -0.15) is 0 Å². The molecule has 0 atom stereocenters. The van der Waals surface area contributed by atoms with Crippen LogP contribution in [-0.4, -0.2) is 10.7 Å². The Kier molecular flexibility index (Phi) is 3.16. The second-order valence-electron chi connectivity index (χ2n) is 3.76. The van der Waals surface area contributed by atoms with Gasteiger partial charge in [0.15, 0.2) is 23.1 Å². The molecule has 0 amide bonds. The molecule has 0 aliphatic rings. The van der Waals surface area contributed by atoms with Crippen molar-refractivity contribution in [2.75, 3.05) is 0 Å². The van der Waals surface area contributed by atoms with E-state index in [0.29, 0.717) is 12.1 Å². The van der Waals surface area contributed by atoms with Gasteiger partial charge in [-0.1, -0.05) is 6.58 Å². The van der Waals surface area contributed by atoms with E-state index in [0.717, 1.165) is 0 Å². The zero-order valence-corrected chi connectivity index (χ0v) is 8.85. The van der Waals surface area contributed by atoms with Crippen molar-refractivity contribution in [1.82, 2.24) is 0 Å². The first-order valence-corrected chi connectivity index (χ1v) is 4.46. The van der Waals surface area contributed by atoms with Gasteiger partial charge >= 0.3 is 0 Å². The molecule has 16 heavy (non-hydrogen) atoms. The summed E-state index contributed by atoms with van der Waals surface area (Å²) in [5.74, 6) is -4.80. The van der Waals surface area contributed by atoms with Crippen LogP contribution in [-0.2, 0) is 0 Å². The van der Waals surface area contributed by atoms with Gasteiger partial charge in [-0.05, 0) is 13.8 Å². The molecular weight excluding hydrogens is 221 g/mol. The first-order valence-electron chi connectivity index (χ1n) is 4.46. The third kappa shape index (κ3) is 2.48. The SMILES string of the molecule is C=C(O)C(C)(C)Oc1cc(F)c(F)c(F)c1. The van der Waals surface area contributed by atoms with Gasteiger partial charge in [0.25, 0.3) is 0 Å². The summed E-state index contributed by atoms with van der Waals surface area (Å²) in [6.45, 7) is 6.16. The van der Waals surface area contributed by atoms with Crippen LogP contribution in [0.25, 0.3) is 0 Å². The fourth-order valence-electron chi connectivity index (χ4n) is 0.945. The van der Waals surface area contributed by atoms with Crippen molar-refractivity contribution in [3.05, 3.63) is 41.9 Å². The zero-order valence-electron chi connectivity index (χ0n) is 8.85. The molecule has 1 aromatic rings.